The van der Waals surface area contributed by atoms with Crippen LogP contribution in [0, 0.1) is 0 Å². The standard InChI is InChI=1S/C13H21ClN4O/c1-19-13(5-3-2-4-6-13)11(18-16)10-7-9(14)8-17-12(10)15/h7-8,11,18H,2-6,16H2,1H3,(H2,15,17). The molecule has 1 aliphatic carbocycles. The van der Waals surface area contributed by atoms with Crippen LogP contribution in [-0.2, 0) is 4.74 Å². The van der Waals surface area contributed by atoms with Crippen LogP contribution in [0.15, 0.2) is 12.3 Å². The topological polar surface area (TPSA) is 86.2 Å². The van der Waals surface area contributed by atoms with Crippen molar-refractivity contribution < 1.29 is 4.74 Å². The number of anilines is 1. The normalized spacial score (nSPS) is 20.2. The lowest BCUT2D eigenvalue weighted by Gasteiger charge is -2.42. The van der Waals surface area contributed by atoms with Crippen LogP contribution in [0.4, 0.5) is 5.82 Å². The minimum absolute atomic E-state index is 0.205. The summed E-state index contributed by atoms with van der Waals surface area (Å²) in [5.74, 6) is 6.20. The van der Waals surface area contributed by atoms with Crippen molar-refractivity contribution in [2.45, 2.75) is 43.7 Å². The Hall–Kier alpha value is -0.880. The van der Waals surface area contributed by atoms with E-state index in [-0.39, 0.29) is 11.6 Å². The lowest BCUT2D eigenvalue weighted by molar-refractivity contribution is -0.0687. The second-order valence-electron chi connectivity index (χ2n) is 5.06. The van der Waals surface area contributed by atoms with Crippen molar-refractivity contribution in [2.75, 3.05) is 12.8 Å². The summed E-state index contributed by atoms with van der Waals surface area (Å²) in [6.45, 7) is 0. The Morgan fingerprint density at radius 3 is 2.68 bits per heavy atom. The Balaban J connectivity index is 2.39. The van der Waals surface area contributed by atoms with Crippen LogP contribution < -0.4 is 17.0 Å². The van der Waals surface area contributed by atoms with Crippen LogP contribution in [0.2, 0.25) is 5.02 Å². The number of pyridine rings is 1. The van der Waals surface area contributed by atoms with Gasteiger partial charge in [-0.1, -0.05) is 30.9 Å². The van der Waals surface area contributed by atoms with E-state index in [2.05, 4.69) is 10.4 Å². The fraction of sp³-hybridized carbons (Fsp3) is 0.615. The molecule has 5 N–H and O–H groups in total. The highest BCUT2D eigenvalue weighted by Crippen LogP contribution is 2.42. The number of methoxy groups -OCH3 is 1. The summed E-state index contributed by atoms with van der Waals surface area (Å²) in [6.07, 6.45) is 6.91. The monoisotopic (exact) mass is 284 g/mol. The Bertz CT molecular complexity index is 435. The predicted molar refractivity (Wildman–Crippen MR) is 76.5 cm³/mol. The zero-order valence-electron chi connectivity index (χ0n) is 11.2. The molecule has 1 aliphatic rings. The molecule has 1 unspecified atom stereocenters. The first-order chi connectivity index (χ1) is 9.13. The highest BCUT2D eigenvalue weighted by Gasteiger charge is 2.41. The third kappa shape index (κ3) is 2.84. The summed E-state index contributed by atoms with van der Waals surface area (Å²) in [5, 5.41) is 0.548. The highest BCUT2D eigenvalue weighted by molar-refractivity contribution is 6.30. The minimum Gasteiger partial charge on any atom is -0.383 e. The summed E-state index contributed by atoms with van der Waals surface area (Å²) in [4.78, 5) is 4.10. The van der Waals surface area contributed by atoms with E-state index in [1.165, 1.54) is 12.6 Å². The number of halogens is 1. The molecule has 0 aliphatic heterocycles. The molecule has 1 aromatic rings. The van der Waals surface area contributed by atoms with Crippen LogP contribution >= 0.6 is 11.6 Å². The molecule has 19 heavy (non-hydrogen) atoms. The first-order valence-corrected chi connectivity index (χ1v) is 6.93. The number of aromatic nitrogens is 1. The van der Waals surface area contributed by atoms with E-state index in [4.69, 9.17) is 27.9 Å². The van der Waals surface area contributed by atoms with Crippen LogP contribution in [-0.4, -0.2) is 17.7 Å². The zero-order valence-corrected chi connectivity index (χ0v) is 11.9. The van der Waals surface area contributed by atoms with Crippen LogP contribution in [0.3, 0.4) is 0 Å². The molecule has 1 aromatic heterocycles. The molecule has 106 valence electrons. The number of ether oxygens (including phenoxy) is 1. The molecule has 1 fully saturated rings. The van der Waals surface area contributed by atoms with Gasteiger partial charge in [-0.15, -0.1) is 0 Å². The van der Waals surface area contributed by atoms with Crippen molar-refractivity contribution in [1.82, 2.24) is 10.4 Å². The van der Waals surface area contributed by atoms with E-state index in [9.17, 15) is 0 Å². The quantitative estimate of drug-likeness (QED) is 0.583. The van der Waals surface area contributed by atoms with Gasteiger partial charge in [-0.05, 0) is 18.9 Å². The van der Waals surface area contributed by atoms with Gasteiger partial charge in [-0.25, -0.2) is 10.4 Å². The Morgan fingerprint density at radius 2 is 2.11 bits per heavy atom. The van der Waals surface area contributed by atoms with Crippen LogP contribution in [0.1, 0.15) is 43.7 Å². The van der Waals surface area contributed by atoms with Crippen LogP contribution in [0.5, 0.6) is 0 Å². The Labute approximate surface area is 118 Å². The first kappa shape index (κ1) is 14.5. The number of rotatable bonds is 4. The molecular formula is C13H21ClN4O. The van der Waals surface area contributed by atoms with E-state index in [0.29, 0.717) is 10.8 Å². The summed E-state index contributed by atoms with van der Waals surface area (Å²) in [6, 6.07) is 1.60. The molecule has 2 rings (SSSR count). The molecule has 0 aromatic carbocycles. The first-order valence-electron chi connectivity index (χ1n) is 6.55. The molecule has 1 saturated carbocycles. The maximum absolute atomic E-state index is 6.02. The van der Waals surface area contributed by atoms with Crippen molar-refractivity contribution in [2.24, 2.45) is 5.84 Å². The van der Waals surface area contributed by atoms with E-state index < -0.39 is 0 Å². The van der Waals surface area contributed by atoms with Crippen molar-refractivity contribution in [1.29, 1.82) is 0 Å². The average molecular weight is 285 g/mol. The number of hydrazine groups is 1. The predicted octanol–water partition coefficient (Wildman–Crippen LogP) is 2.17. The van der Waals surface area contributed by atoms with E-state index >= 15 is 0 Å². The van der Waals surface area contributed by atoms with Gasteiger partial charge < -0.3 is 10.5 Å². The molecule has 0 bridgehead atoms. The van der Waals surface area contributed by atoms with Crippen molar-refractivity contribution >= 4 is 17.4 Å². The number of nitrogens with one attached hydrogen (secondary N) is 1. The molecular weight excluding hydrogens is 264 g/mol. The maximum Gasteiger partial charge on any atom is 0.128 e. The van der Waals surface area contributed by atoms with Gasteiger partial charge in [0.25, 0.3) is 0 Å². The SMILES string of the molecule is COC1(C(NN)c2cc(Cl)cnc2N)CCCCC1. The number of hydrogen-bond donors (Lipinski definition) is 3. The molecule has 5 nitrogen and oxygen atoms in total. The Kier molecular flexibility index (Phi) is 4.62. The molecule has 1 heterocycles. The van der Waals surface area contributed by atoms with Gasteiger partial charge >= 0.3 is 0 Å². The minimum atomic E-state index is -0.340. The van der Waals surface area contributed by atoms with Gasteiger partial charge in [0.15, 0.2) is 0 Å². The third-order valence-corrected chi connectivity index (χ3v) is 4.23. The van der Waals surface area contributed by atoms with Crippen LogP contribution in [0.25, 0.3) is 0 Å². The van der Waals surface area contributed by atoms with Gasteiger partial charge in [0.2, 0.25) is 0 Å². The number of nitrogens with zero attached hydrogens (tertiary/aromatic N) is 1. The lowest BCUT2D eigenvalue weighted by atomic mass is 9.77. The number of nitrogens with two attached hydrogens (primary N) is 2. The van der Waals surface area contributed by atoms with Gasteiger partial charge in [-0.2, -0.15) is 0 Å². The molecule has 0 radical (unpaired) electrons. The van der Waals surface area contributed by atoms with Crippen molar-refractivity contribution in [3.05, 3.63) is 22.8 Å². The molecule has 0 amide bonds. The molecule has 0 saturated heterocycles. The van der Waals surface area contributed by atoms with Gasteiger partial charge in [0.1, 0.15) is 5.82 Å². The molecule has 1 atom stereocenters. The maximum atomic E-state index is 6.02. The summed E-state index contributed by atoms with van der Waals surface area (Å²) in [5.41, 5.74) is 9.27. The third-order valence-electron chi connectivity index (χ3n) is 4.03. The molecule has 6 heteroatoms. The fourth-order valence-corrected chi connectivity index (χ4v) is 3.15. The number of hydrogen-bond acceptors (Lipinski definition) is 5. The van der Waals surface area contributed by atoms with E-state index in [0.717, 1.165) is 31.2 Å². The van der Waals surface area contributed by atoms with Crippen molar-refractivity contribution in [3.8, 4) is 0 Å². The van der Waals surface area contributed by atoms with E-state index in [1.807, 2.05) is 6.07 Å². The fourth-order valence-electron chi connectivity index (χ4n) is 2.98. The highest BCUT2D eigenvalue weighted by atomic mass is 35.5. The number of nitrogen functional groups attached to an aromatic ring is 1. The van der Waals surface area contributed by atoms with Gasteiger partial charge in [-0.3, -0.25) is 5.84 Å². The van der Waals surface area contributed by atoms with Gasteiger partial charge in [0, 0.05) is 18.9 Å². The van der Waals surface area contributed by atoms with Gasteiger partial charge in [0.05, 0.1) is 16.7 Å². The zero-order chi connectivity index (χ0) is 13.9. The smallest absolute Gasteiger partial charge is 0.128 e. The second kappa shape index (κ2) is 6.05. The lowest BCUT2D eigenvalue weighted by Crippen LogP contribution is -2.49. The summed E-state index contributed by atoms with van der Waals surface area (Å²) in [7, 11) is 1.73. The van der Waals surface area contributed by atoms with Crippen molar-refractivity contribution in [3.63, 3.8) is 0 Å². The summed E-state index contributed by atoms with van der Waals surface area (Å²) >= 11 is 6.02. The largest absolute Gasteiger partial charge is 0.383 e. The Morgan fingerprint density at radius 1 is 1.42 bits per heavy atom. The summed E-state index contributed by atoms with van der Waals surface area (Å²) < 4.78 is 5.81. The second-order valence-corrected chi connectivity index (χ2v) is 5.49. The molecule has 0 spiro atoms. The van der Waals surface area contributed by atoms with E-state index in [1.54, 1.807) is 7.11 Å². The average Bonchev–Trinajstić information content (AvgIpc) is 2.44.